The van der Waals surface area contributed by atoms with Gasteiger partial charge >= 0.3 is 43.7 Å². The van der Waals surface area contributed by atoms with Gasteiger partial charge in [0.05, 0.1) is 0 Å². The molecule has 106 valence electrons. The van der Waals surface area contributed by atoms with Gasteiger partial charge in [0.25, 0.3) is 0 Å². The van der Waals surface area contributed by atoms with Crippen LogP contribution >= 0.6 is 0 Å². The summed E-state index contributed by atoms with van der Waals surface area (Å²) in [5.41, 5.74) is 0. The molecule has 1 N–H and O–H groups in total. The number of rotatable bonds is 13. The van der Waals surface area contributed by atoms with E-state index in [9.17, 15) is 4.79 Å². The monoisotopic (exact) mass is 284 g/mol. The van der Waals surface area contributed by atoms with Gasteiger partial charge in [0.2, 0.25) is 0 Å². The molecule has 0 saturated carbocycles. The van der Waals surface area contributed by atoms with Crippen molar-refractivity contribution in [3.05, 3.63) is 0 Å². The first-order valence-electron chi connectivity index (χ1n) is 7.49. The fourth-order valence-corrected chi connectivity index (χ4v) is 2.12. The van der Waals surface area contributed by atoms with Crippen LogP contribution in [0.5, 0.6) is 0 Å². The largest absolute Gasteiger partial charge is 2.00 e. The molecule has 0 aliphatic rings. The molecule has 0 rings (SSSR count). The molecule has 0 aliphatic heterocycles. The standard InChI is InChI=1S/C15H30O2.Ca.2H/c1-2-3-4-5-6-7-8-9-10-11-12-13-14-15(16)17;;;/h2-14H2,1H3,(H,16,17);;;/q;+2;2*-1. The van der Waals surface area contributed by atoms with Gasteiger partial charge in [-0.05, 0) is 6.42 Å². The van der Waals surface area contributed by atoms with Gasteiger partial charge in [-0.15, -0.1) is 0 Å². The van der Waals surface area contributed by atoms with E-state index < -0.39 is 5.97 Å². The van der Waals surface area contributed by atoms with Crippen molar-refractivity contribution in [1.29, 1.82) is 0 Å². The Balaban J connectivity index is -0.000000427. The van der Waals surface area contributed by atoms with Gasteiger partial charge in [0.1, 0.15) is 0 Å². The van der Waals surface area contributed by atoms with Gasteiger partial charge in [-0.3, -0.25) is 4.79 Å². The maximum atomic E-state index is 10.3. The van der Waals surface area contributed by atoms with Crippen molar-refractivity contribution in [2.75, 3.05) is 0 Å². The molecule has 2 nitrogen and oxygen atoms in total. The molecule has 0 saturated heterocycles. The smallest absolute Gasteiger partial charge is 1.00 e. The molecular formula is C15H32CaO2. The van der Waals surface area contributed by atoms with Gasteiger partial charge in [0, 0.05) is 6.42 Å². The van der Waals surface area contributed by atoms with Crippen molar-refractivity contribution in [3.63, 3.8) is 0 Å². The molecule has 0 aromatic carbocycles. The van der Waals surface area contributed by atoms with E-state index in [0.29, 0.717) is 6.42 Å². The van der Waals surface area contributed by atoms with Crippen LogP contribution in [0.3, 0.4) is 0 Å². The molecule has 0 spiro atoms. The van der Waals surface area contributed by atoms with Crippen LogP contribution in [0.4, 0.5) is 0 Å². The van der Waals surface area contributed by atoms with Crippen LogP contribution in [-0.2, 0) is 4.79 Å². The first kappa shape index (κ1) is 21.0. The number of unbranched alkanes of at least 4 members (excludes halogenated alkanes) is 11. The second-order valence-electron chi connectivity index (χ2n) is 5.03. The van der Waals surface area contributed by atoms with Gasteiger partial charge in [-0.2, -0.15) is 0 Å². The second-order valence-corrected chi connectivity index (χ2v) is 5.03. The predicted molar refractivity (Wildman–Crippen MR) is 81.3 cm³/mol. The summed E-state index contributed by atoms with van der Waals surface area (Å²) in [5, 5.41) is 8.47. The number of hydrogen-bond donors (Lipinski definition) is 1. The maximum Gasteiger partial charge on any atom is 2.00 e. The molecule has 0 aromatic heterocycles. The third kappa shape index (κ3) is 19.1. The fraction of sp³-hybridized carbons (Fsp3) is 0.933. The van der Waals surface area contributed by atoms with E-state index >= 15 is 0 Å². The van der Waals surface area contributed by atoms with Crippen LogP contribution in [0.25, 0.3) is 0 Å². The number of hydrogen-bond acceptors (Lipinski definition) is 1. The van der Waals surface area contributed by atoms with E-state index in [0.717, 1.165) is 12.8 Å². The van der Waals surface area contributed by atoms with E-state index in [-0.39, 0.29) is 40.6 Å². The van der Waals surface area contributed by atoms with Crippen molar-refractivity contribution in [2.24, 2.45) is 0 Å². The molecule has 0 radical (unpaired) electrons. The SMILES string of the molecule is CCCCCCCCCCCCCCC(=O)O.[Ca+2].[H-].[H-]. The molecule has 3 heteroatoms. The average molecular weight is 284 g/mol. The summed E-state index contributed by atoms with van der Waals surface area (Å²) in [6.45, 7) is 2.25. The Kier molecular flexibility index (Phi) is 20.7. The predicted octanol–water partition coefficient (Wildman–Crippen LogP) is 5.01. The summed E-state index contributed by atoms with van der Waals surface area (Å²) >= 11 is 0. The van der Waals surface area contributed by atoms with Crippen molar-refractivity contribution >= 4 is 43.7 Å². The summed E-state index contributed by atoms with van der Waals surface area (Å²) in [4.78, 5) is 10.3. The normalized spacial score (nSPS) is 10.1. The topological polar surface area (TPSA) is 37.3 Å². The molecular weight excluding hydrogens is 252 g/mol. The van der Waals surface area contributed by atoms with Crippen LogP contribution < -0.4 is 0 Å². The van der Waals surface area contributed by atoms with Gasteiger partial charge < -0.3 is 7.96 Å². The number of aliphatic carboxylic acids is 1. The fourth-order valence-electron chi connectivity index (χ4n) is 2.12. The van der Waals surface area contributed by atoms with Gasteiger partial charge in [-0.25, -0.2) is 0 Å². The molecule has 18 heavy (non-hydrogen) atoms. The molecule has 0 aliphatic carbocycles. The Morgan fingerprint density at radius 2 is 1.11 bits per heavy atom. The molecule has 0 unspecified atom stereocenters. The van der Waals surface area contributed by atoms with Crippen LogP contribution in [0, 0.1) is 0 Å². The van der Waals surface area contributed by atoms with E-state index in [1.807, 2.05) is 0 Å². The maximum absolute atomic E-state index is 10.3. The number of carboxylic acids is 1. The Labute approximate surface area is 146 Å². The van der Waals surface area contributed by atoms with Gasteiger partial charge in [-0.1, -0.05) is 77.6 Å². The minimum Gasteiger partial charge on any atom is -1.00 e. The zero-order valence-corrected chi connectivity index (χ0v) is 14.5. The third-order valence-corrected chi connectivity index (χ3v) is 3.24. The summed E-state index contributed by atoms with van der Waals surface area (Å²) in [7, 11) is 0. The Bertz CT molecular complexity index is 181. The molecule has 0 atom stereocenters. The third-order valence-electron chi connectivity index (χ3n) is 3.24. The van der Waals surface area contributed by atoms with Crippen molar-refractivity contribution < 1.29 is 12.8 Å². The Hall–Kier alpha value is 0.730. The summed E-state index contributed by atoms with van der Waals surface area (Å²) < 4.78 is 0. The number of carbonyl (C=O) groups is 1. The first-order chi connectivity index (χ1) is 8.27. The van der Waals surface area contributed by atoms with Crippen LogP contribution in [0.2, 0.25) is 0 Å². The van der Waals surface area contributed by atoms with E-state index in [4.69, 9.17) is 5.11 Å². The van der Waals surface area contributed by atoms with E-state index in [2.05, 4.69) is 6.92 Å². The summed E-state index contributed by atoms with van der Waals surface area (Å²) in [5.74, 6) is -0.655. The van der Waals surface area contributed by atoms with E-state index in [1.54, 1.807) is 0 Å². The second kappa shape index (κ2) is 17.7. The molecule has 0 bridgehead atoms. The van der Waals surface area contributed by atoms with Crippen molar-refractivity contribution in [3.8, 4) is 0 Å². The molecule has 0 aromatic rings. The molecule has 0 amide bonds. The quantitative estimate of drug-likeness (QED) is 0.381. The molecule has 0 heterocycles. The Morgan fingerprint density at radius 1 is 0.778 bits per heavy atom. The average Bonchev–Trinajstić information content (AvgIpc) is 2.30. The first-order valence-corrected chi connectivity index (χ1v) is 7.49. The van der Waals surface area contributed by atoms with E-state index in [1.165, 1.54) is 64.2 Å². The number of carboxylic acid groups (broad SMARTS) is 1. The van der Waals surface area contributed by atoms with Gasteiger partial charge in [0.15, 0.2) is 0 Å². The van der Waals surface area contributed by atoms with Crippen LogP contribution in [0.15, 0.2) is 0 Å². The Morgan fingerprint density at radius 3 is 1.44 bits per heavy atom. The minimum atomic E-state index is -0.655. The van der Waals surface area contributed by atoms with Crippen LogP contribution in [-0.4, -0.2) is 48.8 Å². The van der Waals surface area contributed by atoms with Crippen molar-refractivity contribution in [2.45, 2.75) is 90.4 Å². The zero-order valence-electron chi connectivity index (χ0n) is 14.3. The van der Waals surface area contributed by atoms with Crippen molar-refractivity contribution in [1.82, 2.24) is 0 Å². The molecule has 0 fully saturated rings. The van der Waals surface area contributed by atoms with Crippen LogP contribution in [0.1, 0.15) is 93.2 Å². The zero-order chi connectivity index (χ0) is 12.8. The summed E-state index contributed by atoms with van der Waals surface area (Å²) in [6.07, 6.45) is 15.8. The summed E-state index contributed by atoms with van der Waals surface area (Å²) in [6, 6.07) is 0. The minimum absolute atomic E-state index is 0.